The quantitative estimate of drug-likeness (QED) is 0.372. The summed E-state index contributed by atoms with van der Waals surface area (Å²) in [5.41, 5.74) is 3.12. The molecule has 10 heteroatoms. The second-order valence-corrected chi connectivity index (χ2v) is 10.6. The summed E-state index contributed by atoms with van der Waals surface area (Å²) >= 11 is 1.30. The smallest absolute Gasteiger partial charge is 0.257 e. The molecule has 0 amide bonds. The number of rotatable bonds is 7. The molecule has 0 spiro atoms. The summed E-state index contributed by atoms with van der Waals surface area (Å²) in [5.74, 6) is 1.82. The third-order valence-electron chi connectivity index (χ3n) is 4.74. The van der Waals surface area contributed by atoms with Gasteiger partial charge in [0.15, 0.2) is 5.58 Å². The van der Waals surface area contributed by atoms with Gasteiger partial charge in [-0.05, 0) is 29.7 Å². The maximum Gasteiger partial charge on any atom is 0.257 e. The summed E-state index contributed by atoms with van der Waals surface area (Å²) in [6.07, 6.45) is 0. The van der Waals surface area contributed by atoms with Gasteiger partial charge >= 0.3 is 0 Å². The Morgan fingerprint density at radius 1 is 1.06 bits per heavy atom. The molecule has 8 nitrogen and oxygen atoms in total. The van der Waals surface area contributed by atoms with Crippen LogP contribution in [0.15, 0.2) is 61.5 Å². The summed E-state index contributed by atoms with van der Waals surface area (Å²) in [7, 11) is -0.560. The van der Waals surface area contributed by atoms with E-state index in [1.165, 1.54) is 43.6 Å². The molecule has 0 aliphatic carbocycles. The third kappa shape index (κ3) is 4.51. The summed E-state index contributed by atoms with van der Waals surface area (Å²) in [6, 6.07) is 12.7. The Bertz CT molecular complexity index is 1310. The zero-order valence-corrected chi connectivity index (χ0v) is 19.2. The number of nitrogens with zero attached hydrogens (tertiary/aromatic N) is 4. The van der Waals surface area contributed by atoms with Gasteiger partial charge in [-0.3, -0.25) is 0 Å². The van der Waals surface area contributed by atoms with Gasteiger partial charge < -0.3 is 8.94 Å². The van der Waals surface area contributed by atoms with E-state index in [4.69, 9.17) is 8.94 Å². The maximum atomic E-state index is 12.3. The van der Waals surface area contributed by atoms with Crippen LogP contribution in [-0.2, 0) is 15.8 Å². The van der Waals surface area contributed by atoms with Crippen LogP contribution in [0.1, 0.15) is 31.2 Å². The first-order valence-corrected chi connectivity index (χ1v) is 12.1. The van der Waals surface area contributed by atoms with E-state index in [0.717, 1.165) is 9.87 Å². The molecular weight excluding hydrogens is 436 g/mol. The van der Waals surface area contributed by atoms with E-state index in [1.54, 1.807) is 6.07 Å². The number of aromatic nitrogens is 3. The Hall–Kier alpha value is -2.69. The fraction of sp³-hybridized carbons (Fsp3) is 0.286. The van der Waals surface area contributed by atoms with Crippen LogP contribution >= 0.6 is 11.8 Å². The molecule has 2 heterocycles. The highest BCUT2D eigenvalue weighted by Crippen LogP contribution is 2.28. The van der Waals surface area contributed by atoms with E-state index in [9.17, 15) is 8.42 Å². The number of benzene rings is 2. The maximum absolute atomic E-state index is 12.3. The largest absolute Gasteiger partial charge is 0.431 e. The van der Waals surface area contributed by atoms with Gasteiger partial charge in [-0.15, -0.1) is 0 Å². The van der Waals surface area contributed by atoms with Gasteiger partial charge in [-0.25, -0.2) is 17.7 Å². The predicted molar refractivity (Wildman–Crippen MR) is 118 cm³/mol. The SMILES string of the molecule is CC(C)c1ccc(-c2noc(CSc3nc4cc(S(=O)(=O)N(C)C)ccc4o3)n2)cc1. The molecule has 0 aliphatic heterocycles. The van der Waals surface area contributed by atoms with Gasteiger partial charge in [0, 0.05) is 19.7 Å². The van der Waals surface area contributed by atoms with Gasteiger partial charge in [-0.2, -0.15) is 4.98 Å². The van der Waals surface area contributed by atoms with Gasteiger partial charge in [0.25, 0.3) is 5.22 Å². The number of fused-ring (bicyclic) bond motifs is 1. The van der Waals surface area contributed by atoms with Gasteiger partial charge in [0.2, 0.25) is 21.7 Å². The molecule has 162 valence electrons. The van der Waals surface area contributed by atoms with Gasteiger partial charge in [0.05, 0.1) is 10.6 Å². The van der Waals surface area contributed by atoms with Crippen molar-refractivity contribution in [1.82, 2.24) is 19.4 Å². The Morgan fingerprint density at radius 2 is 1.81 bits per heavy atom. The van der Waals surface area contributed by atoms with Crippen molar-refractivity contribution in [3.8, 4) is 11.4 Å². The zero-order chi connectivity index (χ0) is 22.2. The van der Waals surface area contributed by atoms with Crippen molar-refractivity contribution in [3.05, 3.63) is 53.9 Å². The normalized spacial score (nSPS) is 12.3. The number of hydrogen-bond acceptors (Lipinski definition) is 8. The monoisotopic (exact) mass is 458 g/mol. The van der Waals surface area contributed by atoms with Crippen molar-refractivity contribution in [2.24, 2.45) is 0 Å². The number of thioether (sulfide) groups is 1. The van der Waals surface area contributed by atoms with Crippen molar-refractivity contribution >= 4 is 32.9 Å². The summed E-state index contributed by atoms with van der Waals surface area (Å²) < 4.78 is 36.8. The van der Waals surface area contributed by atoms with Crippen molar-refractivity contribution < 1.29 is 17.4 Å². The molecule has 2 aromatic heterocycles. The second kappa shape index (κ2) is 8.45. The van der Waals surface area contributed by atoms with E-state index in [1.807, 2.05) is 12.1 Å². The molecule has 0 saturated heterocycles. The molecule has 4 aromatic rings. The lowest BCUT2D eigenvalue weighted by atomic mass is 10.0. The minimum absolute atomic E-state index is 0.167. The van der Waals surface area contributed by atoms with Crippen LogP contribution in [-0.4, -0.2) is 41.9 Å². The van der Waals surface area contributed by atoms with Crippen LogP contribution in [0, 0.1) is 0 Å². The van der Waals surface area contributed by atoms with Crippen LogP contribution in [0.2, 0.25) is 0 Å². The number of hydrogen-bond donors (Lipinski definition) is 0. The van der Waals surface area contributed by atoms with Crippen molar-refractivity contribution in [2.45, 2.75) is 35.6 Å². The van der Waals surface area contributed by atoms with Crippen molar-refractivity contribution in [3.63, 3.8) is 0 Å². The molecule has 0 fully saturated rings. The number of oxazole rings is 1. The standard InChI is InChI=1S/C21H22N4O4S2/c1-13(2)14-5-7-15(8-6-14)20-23-19(29-24-20)12-30-21-22-17-11-16(9-10-18(17)28-21)31(26,27)25(3)4/h5-11,13H,12H2,1-4H3. The molecule has 0 bridgehead atoms. The number of sulfonamides is 1. The highest BCUT2D eigenvalue weighted by molar-refractivity contribution is 7.98. The lowest BCUT2D eigenvalue weighted by molar-refractivity contribution is 0.391. The average molecular weight is 459 g/mol. The molecule has 0 N–H and O–H groups in total. The van der Waals surface area contributed by atoms with Crippen molar-refractivity contribution in [2.75, 3.05) is 14.1 Å². The molecule has 4 rings (SSSR count). The second-order valence-electron chi connectivity index (χ2n) is 7.47. The van der Waals surface area contributed by atoms with Crippen LogP contribution in [0.3, 0.4) is 0 Å². The molecule has 0 aliphatic rings. The van der Waals surface area contributed by atoms with E-state index in [2.05, 4.69) is 41.1 Å². The zero-order valence-electron chi connectivity index (χ0n) is 17.6. The van der Waals surface area contributed by atoms with Gasteiger partial charge in [0.1, 0.15) is 5.52 Å². The predicted octanol–water partition coefficient (Wildman–Crippen LogP) is 4.54. The molecule has 0 saturated carbocycles. The minimum atomic E-state index is -3.53. The van der Waals surface area contributed by atoms with Crippen LogP contribution in [0.4, 0.5) is 0 Å². The summed E-state index contributed by atoms with van der Waals surface area (Å²) in [5, 5.41) is 4.45. The summed E-state index contributed by atoms with van der Waals surface area (Å²) in [4.78, 5) is 8.98. The third-order valence-corrected chi connectivity index (χ3v) is 7.36. The first-order valence-electron chi connectivity index (χ1n) is 9.63. The molecule has 2 aromatic carbocycles. The molecule has 0 unspecified atom stereocenters. The van der Waals surface area contributed by atoms with Crippen molar-refractivity contribution in [1.29, 1.82) is 0 Å². The fourth-order valence-electron chi connectivity index (χ4n) is 2.89. The minimum Gasteiger partial charge on any atom is -0.431 e. The lowest BCUT2D eigenvalue weighted by Crippen LogP contribution is -2.22. The molecule has 31 heavy (non-hydrogen) atoms. The molecule has 0 radical (unpaired) electrons. The van der Waals surface area contributed by atoms with E-state index >= 15 is 0 Å². The fourth-order valence-corrected chi connectivity index (χ4v) is 4.49. The first kappa shape index (κ1) is 21.5. The van der Waals surface area contributed by atoms with Crippen LogP contribution in [0.25, 0.3) is 22.5 Å². The molecule has 0 atom stereocenters. The molecular formula is C21H22N4O4S2. The van der Waals surface area contributed by atoms with Gasteiger partial charge in [-0.1, -0.05) is 55.0 Å². The van der Waals surface area contributed by atoms with E-state index in [-0.39, 0.29) is 4.90 Å². The average Bonchev–Trinajstić information content (AvgIpc) is 3.38. The Kier molecular flexibility index (Phi) is 5.87. The first-order chi connectivity index (χ1) is 14.7. The van der Waals surface area contributed by atoms with Crippen LogP contribution in [0.5, 0.6) is 0 Å². The van der Waals surface area contributed by atoms with Crippen LogP contribution < -0.4 is 0 Å². The highest BCUT2D eigenvalue weighted by Gasteiger charge is 2.19. The van der Waals surface area contributed by atoms with E-state index < -0.39 is 10.0 Å². The Labute approximate surface area is 184 Å². The Balaban J connectivity index is 1.47. The summed E-state index contributed by atoms with van der Waals surface area (Å²) in [6.45, 7) is 4.29. The van der Waals surface area contributed by atoms with E-state index in [0.29, 0.717) is 39.7 Å². The topological polar surface area (TPSA) is 102 Å². The highest BCUT2D eigenvalue weighted by atomic mass is 32.2. The lowest BCUT2D eigenvalue weighted by Gasteiger charge is -2.10. The Morgan fingerprint density at radius 3 is 2.48 bits per heavy atom.